The highest BCUT2D eigenvalue weighted by atomic mass is 32.2. The number of hydrogen-bond acceptors (Lipinski definition) is 3. The largest absolute Gasteiger partial charge is 0.416 e. The molecule has 28 heavy (non-hydrogen) atoms. The minimum atomic E-state index is -4.54. The second-order valence-electron chi connectivity index (χ2n) is 6.85. The van der Waals surface area contributed by atoms with Crippen LogP contribution >= 0.6 is 0 Å². The van der Waals surface area contributed by atoms with E-state index in [1.807, 2.05) is 0 Å². The first-order valence-corrected chi connectivity index (χ1v) is 10.1. The standard InChI is InChI=1S/C19H19F3N2O3S/c1-11-4-8-15(28(26,27)24-13-6-7-13)10-16(11)18(25)23-14-5-3-12(2)17(9-14)19(20,21)22/h3-5,8-10,13,24H,6-7H2,1-2H3,(H,23,25). The van der Waals surface area contributed by atoms with Crippen molar-refractivity contribution in [2.24, 2.45) is 0 Å². The summed E-state index contributed by atoms with van der Waals surface area (Å²) in [4.78, 5) is 12.5. The smallest absolute Gasteiger partial charge is 0.322 e. The molecule has 0 aromatic heterocycles. The molecule has 1 amide bonds. The van der Waals surface area contributed by atoms with E-state index in [1.54, 1.807) is 6.92 Å². The van der Waals surface area contributed by atoms with Gasteiger partial charge in [0.05, 0.1) is 10.5 Å². The second kappa shape index (κ2) is 7.21. The van der Waals surface area contributed by atoms with Gasteiger partial charge >= 0.3 is 6.18 Å². The fourth-order valence-electron chi connectivity index (χ4n) is 2.71. The number of sulfonamides is 1. The molecule has 0 atom stereocenters. The quantitative estimate of drug-likeness (QED) is 0.779. The molecule has 9 heteroatoms. The predicted octanol–water partition coefficient (Wildman–Crippen LogP) is 4.02. The van der Waals surface area contributed by atoms with E-state index in [0.29, 0.717) is 5.56 Å². The van der Waals surface area contributed by atoms with E-state index in [2.05, 4.69) is 10.0 Å². The van der Waals surface area contributed by atoms with Gasteiger partial charge in [-0.15, -0.1) is 0 Å². The van der Waals surface area contributed by atoms with Gasteiger partial charge in [-0.05, 0) is 62.1 Å². The van der Waals surface area contributed by atoms with Crippen LogP contribution in [0.15, 0.2) is 41.3 Å². The third kappa shape index (κ3) is 4.53. The number of aryl methyl sites for hydroxylation is 2. The third-order valence-corrected chi connectivity index (χ3v) is 5.98. The minimum Gasteiger partial charge on any atom is -0.322 e. The number of benzene rings is 2. The van der Waals surface area contributed by atoms with E-state index in [4.69, 9.17) is 0 Å². The number of alkyl halides is 3. The van der Waals surface area contributed by atoms with Gasteiger partial charge in [-0.3, -0.25) is 4.79 Å². The fourth-order valence-corrected chi connectivity index (χ4v) is 4.04. The van der Waals surface area contributed by atoms with Gasteiger partial charge in [0.15, 0.2) is 0 Å². The molecule has 1 saturated carbocycles. The monoisotopic (exact) mass is 412 g/mol. The maximum absolute atomic E-state index is 13.1. The van der Waals surface area contributed by atoms with E-state index in [-0.39, 0.29) is 27.8 Å². The van der Waals surface area contributed by atoms with Crippen molar-refractivity contribution in [2.75, 3.05) is 5.32 Å². The maximum atomic E-state index is 13.1. The lowest BCUT2D eigenvalue weighted by molar-refractivity contribution is -0.138. The van der Waals surface area contributed by atoms with Crippen molar-refractivity contribution in [1.82, 2.24) is 4.72 Å². The number of carbonyl (C=O) groups excluding carboxylic acids is 1. The molecule has 0 unspecified atom stereocenters. The van der Waals surface area contributed by atoms with E-state index in [0.717, 1.165) is 18.9 Å². The second-order valence-corrected chi connectivity index (χ2v) is 8.57. The summed E-state index contributed by atoms with van der Waals surface area (Å²) in [5.41, 5.74) is -0.238. The SMILES string of the molecule is Cc1ccc(S(=O)(=O)NC2CC2)cc1C(=O)Nc1ccc(C)c(C(F)(F)F)c1. The molecule has 0 saturated heterocycles. The molecular weight excluding hydrogens is 393 g/mol. The maximum Gasteiger partial charge on any atom is 0.416 e. The number of carbonyl (C=O) groups is 1. The molecule has 2 aromatic carbocycles. The average Bonchev–Trinajstić information content (AvgIpc) is 3.39. The van der Waals surface area contributed by atoms with Crippen molar-refractivity contribution in [3.63, 3.8) is 0 Å². The van der Waals surface area contributed by atoms with Gasteiger partial charge in [0.1, 0.15) is 0 Å². The summed E-state index contributed by atoms with van der Waals surface area (Å²) in [6.07, 6.45) is -3.00. The molecule has 150 valence electrons. The van der Waals surface area contributed by atoms with Crippen LogP contribution in [0, 0.1) is 13.8 Å². The van der Waals surface area contributed by atoms with Crippen LogP contribution < -0.4 is 10.0 Å². The van der Waals surface area contributed by atoms with Gasteiger partial charge in [-0.2, -0.15) is 13.2 Å². The molecule has 1 fully saturated rings. The number of amides is 1. The molecule has 1 aliphatic rings. The van der Waals surface area contributed by atoms with Crippen molar-refractivity contribution in [1.29, 1.82) is 0 Å². The van der Waals surface area contributed by atoms with Crippen LogP contribution in [0.5, 0.6) is 0 Å². The van der Waals surface area contributed by atoms with Gasteiger partial charge in [-0.25, -0.2) is 13.1 Å². The van der Waals surface area contributed by atoms with Crippen LogP contribution in [-0.2, 0) is 16.2 Å². The molecule has 0 aliphatic heterocycles. The van der Waals surface area contributed by atoms with Gasteiger partial charge in [0.2, 0.25) is 10.0 Å². The van der Waals surface area contributed by atoms with Crippen molar-refractivity contribution in [3.8, 4) is 0 Å². The van der Waals surface area contributed by atoms with E-state index in [9.17, 15) is 26.4 Å². The summed E-state index contributed by atoms with van der Waals surface area (Å²) in [7, 11) is -3.75. The van der Waals surface area contributed by atoms with Crippen LogP contribution in [0.2, 0.25) is 0 Å². The minimum absolute atomic E-state index is 0.0216. The highest BCUT2D eigenvalue weighted by molar-refractivity contribution is 7.89. The number of nitrogens with one attached hydrogen (secondary N) is 2. The van der Waals surface area contributed by atoms with Crippen LogP contribution in [0.3, 0.4) is 0 Å². The van der Waals surface area contributed by atoms with Gasteiger partial charge in [-0.1, -0.05) is 12.1 Å². The Hall–Kier alpha value is -2.39. The number of halogens is 3. The lowest BCUT2D eigenvalue weighted by Gasteiger charge is -2.14. The summed E-state index contributed by atoms with van der Waals surface area (Å²) in [6.45, 7) is 2.95. The first-order chi connectivity index (χ1) is 13.0. The Kier molecular flexibility index (Phi) is 5.24. The first kappa shape index (κ1) is 20.3. The van der Waals surface area contributed by atoms with Crippen molar-refractivity contribution in [2.45, 2.75) is 43.8 Å². The normalized spacial score (nSPS) is 14.8. The number of hydrogen-bond donors (Lipinski definition) is 2. The zero-order chi connectivity index (χ0) is 20.7. The highest BCUT2D eigenvalue weighted by Crippen LogP contribution is 2.33. The van der Waals surface area contributed by atoms with E-state index in [1.165, 1.54) is 37.3 Å². The summed E-state index contributed by atoms with van der Waals surface area (Å²) >= 11 is 0. The Morgan fingerprint density at radius 3 is 2.29 bits per heavy atom. The number of anilines is 1. The predicted molar refractivity (Wildman–Crippen MR) is 98.7 cm³/mol. The average molecular weight is 412 g/mol. The summed E-state index contributed by atoms with van der Waals surface area (Å²) < 4.78 is 66.4. The Balaban J connectivity index is 1.88. The van der Waals surface area contributed by atoms with Gasteiger partial charge in [0, 0.05) is 17.3 Å². The lowest BCUT2D eigenvalue weighted by atomic mass is 10.1. The molecule has 0 heterocycles. The third-order valence-electron chi connectivity index (χ3n) is 4.46. The van der Waals surface area contributed by atoms with Gasteiger partial charge in [0.25, 0.3) is 5.91 Å². The molecule has 2 aromatic rings. The van der Waals surface area contributed by atoms with Crippen molar-refractivity contribution < 1.29 is 26.4 Å². The Morgan fingerprint density at radius 1 is 1.04 bits per heavy atom. The van der Waals surface area contributed by atoms with E-state index >= 15 is 0 Å². The van der Waals surface area contributed by atoms with Crippen LogP contribution in [0.4, 0.5) is 18.9 Å². The van der Waals surface area contributed by atoms with Crippen molar-refractivity contribution in [3.05, 3.63) is 58.7 Å². The summed E-state index contributed by atoms with van der Waals surface area (Å²) in [6, 6.07) is 7.53. The molecule has 1 aliphatic carbocycles. The molecule has 3 rings (SSSR count). The Bertz CT molecular complexity index is 1030. The first-order valence-electron chi connectivity index (χ1n) is 8.59. The molecular formula is C19H19F3N2O3S. The Labute approximate surface area is 161 Å². The zero-order valence-electron chi connectivity index (χ0n) is 15.2. The Morgan fingerprint density at radius 2 is 1.68 bits per heavy atom. The fraction of sp³-hybridized carbons (Fsp3) is 0.316. The lowest BCUT2D eigenvalue weighted by Crippen LogP contribution is -2.26. The van der Waals surface area contributed by atoms with E-state index < -0.39 is 27.7 Å². The molecule has 5 nitrogen and oxygen atoms in total. The zero-order valence-corrected chi connectivity index (χ0v) is 16.0. The molecule has 0 radical (unpaired) electrons. The van der Waals surface area contributed by atoms with Crippen LogP contribution in [-0.4, -0.2) is 20.4 Å². The van der Waals surface area contributed by atoms with Crippen LogP contribution in [0.25, 0.3) is 0 Å². The highest BCUT2D eigenvalue weighted by Gasteiger charge is 2.33. The molecule has 2 N–H and O–H groups in total. The van der Waals surface area contributed by atoms with Crippen LogP contribution in [0.1, 0.15) is 39.9 Å². The van der Waals surface area contributed by atoms with Gasteiger partial charge < -0.3 is 5.32 Å². The topological polar surface area (TPSA) is 75.3 Å². The summed E-state index contributed by atoms with van der Waals surface area (Å²) in [5, 5.41) is 2.42. The molecule has 0 spiro atoms. The summed E-state index contributed by atoms with van der Waals surface area (Å²) in [5.74, 6) is -0.682. The molecule has 0 bridgehead atoms. The number of rotatable bonds is 5. The van der Waals surface area contributed by atoms with Crippen molar-refractivity contribution >= 4 is 21.6 Å².